The molecule has 0 saturated carbocycles. The van der Waals surface area contributed by atoms with Gasteiger partial charge in [-0.25, -0.2) is 10.1 Å². The van der Waals surface area contributed by atoms with Gasteiger partial charge < -0.3 is 19.8 Å². The molecule has 6 nitrogen and oxygen atoms in total. The lowest BCUT2D eigenvalue weighted by atomic mass is 10.3. The minimum absolute atomic E-state index is 0.452. The van der Waals surface area contributed by atoms with Crippen molar-refractivity contribution in [3.8, 4) is 0 Å². The van der Waals surface area contributed by atoms with E-state index in [-0.39, 0.29) is 0 Å². The summed E-state index contributed by atoms with van der Waals surface area (Å²) in [5, 5.41) is 21.0. The van der Waals surface area contributed by atoms with Gasteiger partial charge in [-0.1, -0.05) is 0 Å². The highest BCUT2D eigenvalue weighted by Crippen LogP contribution is 2.09. The first-order valence-corrected chi connectivity index (χ1v) is 4.22. The van der Waals surface area contributed by atoms with Crippen LogP contribution in [0.5, 0.6) is 0 Å². The van der Waals surface area contributed by atoms with Crippen LogP contribution in [0, 0.1) is 0 Å². The zero-order valence-electron chi connectivity index (χ0n) is 8.04. The van der Waals surface area contributed by atoms with Crippen LogP contribution in [0.25, 0.3) is 0 Å². The molecule has 0 fully saturated rings. The Morgan fingerprint density at radius 1 is 1.64 bits per heavy atom. The van der Waals surface area contributed by atoms with Crippen molar-refractivity contribution in [2.45, 2.75) is 25.5 Å². The number of aliphatic hydroxyl groups is 2. The number of carbonyl (C=O) groups is 1. The minimum Gasteiger partial charge on any atom is -0.467 e. The topological polar surface area (TPSA) is 82.0 Å². The Hall–Kier alpha value is -1.11. The molecule has 14 heavy (non-hydrogen) atoms. The third-order valence-corrected chi connectivity index (χ3v) is 2.03. The Morgan fingerprint density at radius 3 is 2.79 bits per heavy atom. The van der Waals surface area contributed by atoms with Gasteiger partial charge in [0.05, 0.1) is 7.11 Å². The molecular formula is C8H14N2O4. The third-order valence-electron chi connectivity index (χ3n) is 2.03. The van der Waals surface area contributed by atoms with Crippen LogP contribution in [-0.4, -0.2) is 46.8 Å². The van der Waals surface area contributed by atoms with E-state index in [0.717, 1.165) is 0 Å². The SMILES string of the molecule is COC(=O)[C@H](C)N1C=C[C@H](O)N[C@@H]1O. The molecule has 6 heteroatoms. The summed E-state index contributed by atoms with van der Waals surface area (Å²) >= 11 is 0. The molecule has 0 amide bonds. The number of esters is 1. The van der Waals surface area contributed by atoms with E-state index in [1.54, 1.807) is 6.92 Å². The molecule has 0 saturated heterocycles. The number of methoxy groups -OCH3 is 1. The Labute approximate surface area is 81.8 Å². The predicted octanol–water partition coefficient (Wildman–Crippen LogP) is -1.44. The maximum atomic E-state index is 11.1. The molecule has 0 aromatic rings. The van der Waals surface area contributed by atoms with Gasteiger partial charge in [-0.3, -0.25) is 0 Å². The second-order valence-corrected chi connectivity index (χ2v) is 2.97. The highest BCUT2D eigenvalue weighted by atomic mass is 16.5. The molecule has 0 unspecified atom stereocenters. The smallest absolute Gasteiger partial charge is 0.328 e. The maximum Gasteiger partial charge on any atom is 0.328 e. The summed E-state index contributed by atoms with van der Waals surface area (Å²) in [6.07, 6.45) is 0.884. The van der Waals surface area contributed by atoms with Crippen molar-refractivity contribution in [2.75, 3.05) is 7.11 Å². The van der Waals surface area contributed by atoms with Crippen molar-refractivity contribution >= 4 is 5.97 Å². The Balaban J connectivity index is 2.68. The van der Waals surface area contributed by atoms with E-state index in [9.17, 15) is 9.90 Å². The average molecular weight is 202 g/mol. The summed E-state index contributed by atoms with van der Waals surface area (Å²) in [5.41, 5.74) is 0. The molecule has 1 aliphatic heterocycles. The van der Waals surface area contributed by atoms with E-state index in [4.69, 9.17) is 5.11 Å². The molecular weight excluding hydrogens is 188 g/mol. The average Bonchev–Trinajstić information content (AvgIpc) is 2.15. The summed E-state index contributed by atoms with van der Waals surface area (Å²) in [5.74, 6) is -0.452. The van der Waals surface area contributed by atoms with Crippen LogP contribution in [0.3, 0.4) is 0 Å². The van der Waals surface area contributed by atoms with Crippen LogP contribution < -0.4 is 5.32 Å². The maximum absolute atomic E-state index is 11.1. The van der Waals surface area contributed by atoms with Gasteiger partial charge in [0.2, 0.25) is 0 Å². The monoisotopic (exact) mass is 202 g/mol. The first-order chi connectivity index (χ1) is 6.56. The van der Waals surface area contributed by atoms with E-state index in [1.807, 2.05) is 0 Å². The molecule has 0 aliphatic carbocycles. The first-order valence-electron chi connectivity index (χ1n) is 4.22. The van der Waals surface area contributed by atoms with E-state index >= 15 is 0 Å². The molecule has 0 aromatic carbocycles. The number of hydrogen-bond acceptors (Lipinski definition) is 6. The quantitative estimate of drug-likeness (QED) is 0.476. The van der Waals surface area contributed by atoms with Crippen LogP contribution in [-0.2, 0) is 9.53 Å². The largest absolute Gasteiger partial charge is 0.467 e. The van der Waals surface area contributed by atoms with Crippen molar-refractivity contribution in [1.29, 1.82) is 0 Å². The van der Waals surface area contributed by atoms with Crippen molar-refractivity contribution < 1.29 is 19.7 Å². The van der Waals surface area contributed by atoms with Crippen LogP contribution >= 0.6 is 0 Å². The van der Waals surface area contributed by atoms with Crippen molar-refractivity contribution in [3.05, 3.63) is 12.3 Å². The Morgan fingerprint density at radius 2 is 2.29 bits per heavy atom. The van der Waals surface area contributed by atoms with Gasteiger partial charge in [-0.05, 0) is 13.0 Å². The number of rotatable bonds is 2. The lowest BCUT2D eigenvalue weighted by molar-refractivity contribution is -0.151. The zero-order chi connectivity index (χ0) is 10.7. The summed E-state index contributed by atoms with van der Waals surface area (Å²) in [7, 11) is 1.28. The fourth-order valence-corrected chi connectivity index (χ4v) is 1.19. The highest BCUT2D eigenvalue weighted by molar-refractivity contribution is 5.75. The highest BCUT2D eigenvalue weighted by Gasteiger charge is 2.28. The standard InChI is InChI=1S/C8H14N2O4/c1-5(7(12)14-2)10-4-3-6(11)9-8(10)13/h3-6,8-9,11,13H,1-2H3/t5-,6-,8-/m0/s1. The van der Waals surface area contributed by atoms with Gasteiger partial charge in [0.1, 0.15) is 12.3 Å². The Bertz CT molecular complexity index is 243. The number of hydrogen-bond donors (Lipinski definition) is 3. The van der Waals surface area contributed by atoms with Crippen LogP contribution in [0.1, 0.15) is 6.92 Å². The zero-order valence-corrected chi connectivity index (χ0v) is 8.04. The first kappa shape index (κ1) is 11.0. The van der Waals surface area contributed by atoms with Crippen molar-refractivity contribution in [3.63, 3.8) is 0 Å². The van der Waals surface area contributed by atoms with E-state index in [1.165, 1.54) is 24.3 Å². The van der Waals surface area contributed by atoms with Gasteiger partial charge in [0.25, 0.3) is 0 Å². The van der Waals surface area contributed by atoms with Crippen LogP contribution in [0.15, 0.2) is 12.3 Å². The number of ether oxygens (including phenoxy) is 1. The molecule has 80 valence electrons. The van der Waals surface area contributed by atoms with Gasteiger partial charge in [0, 0.05) is 6.20 Å². The molecule has 0 spiro atoms. The van der Waals surface area contributed by atoms with Crippen molar-refractivity contribution in [1.82, 2.24) is 10.2 Å². The third kappa shape index (κ3) is 2.22. The van der Waals surface area contributed by atoms with Gasteiger partial charge in [0.15, 0.2) is 6.35 Å². The summed E-state index contributed by atoms with van der Waals surface area (Å²) in [6, 6.07) is -0.605. The fourth-order valence-electron chi connectivity index (χ4n) is 1.19. The number of nitrogens with one attached hydrogen (secondary N) is 1. The normalized spacial score (nSPS) is 28.7. The van der Waals surface area contributed by atoms with Gasteiger partial charge in [-0.2, -0.15) is 0 Å². The second kappa shape index (κ2) is 4.41. The molecule has 0 radical (unpaired) electrons. The van der Waals surface area contributed by atoms with E-state index in [0.29, 0.717) is 0 Å². The Kier molecular flexibility index (Phi) is 3.45. The number of nitrogens with zero attached hydrogens (tertiary/aromatic N) is 1. The molecule has 1 rings (SSSR count). The van der Waals surface area contributed by atoms with E-state index in [2.05, 4.69) is 10.1 Å². The molecule has 1 aliphatic rings. The van der Waals surface area contributed by atoms with Crippen LogP contribution in [0.2, 0.25) is 0 Å². The molecule has 0 bridgehead atoms. The summed E-state index contributed by atoms with van der Waals surface area (Å²) in [4.78, 5) is 12.5. The molecule has 1 heterocycles. The minimum atomic E-state index is -1.09. The molecule has 3 atom stereocenters. The van der Waals surface area contributed by atoms with Gasteiger partial charge in [-0.15, -0.1) is 0 Å². The summed E-state index contributed by atoms with van der Waals surface area (Å²) in [6.45, 7) is 1.60. The van der Waals surface area contributed by atoms with Crippen LogP contribution in [0.4, 0.5) is 0 Å². The van der Waals surface area contributed by atoms with Gasteiger partial charge >= 0.3 is 5.97 Å². The fraction of sp³-hybridized carbons (Fsp3) is 0.625. The van der Waals surface area contributed by atoms with E-state index < -0.39 is 24.6 Å². The molecule has 0 aromatic heterocycles. The number of carbonyl (C=O) groups excluding carboxylic acids is 1. The summed E-state index contributed by atoms with van der Waals surface area (Å²) < 4.78 is 4.52. The molecule has 3 N–H and O–H groups in total. The number of aliphatic hydroxyl groups excluding tert-OH is 2. The second-order valence-electron chi connectivity index (χ2n) is 2.97. The van der Waals surface area contributed by atoms with Crippen molar-refractivity contribution in [2.24, 2.45) is 0 Å². The lowest BCUT2D eigenvalue weighted by Crippen LogP contribution is -2.55. The lowest BCUT2D eigenvalue weighted by Gasteiger charge is -2.35. The predicted molar refractivity (Wildman–Crippen MR) is 47.6 cm³/mol.